The van der Waals surface area contributed by atoms with Crippen LogP contribution in [0, 0.1) is 11.8 Å². The van der Waals surface area contributed by atoms with E-state index in [0.29, 0.717) is 18.4 Å². The summed E-state index contributed by atoms with van der Waals surface area (Å²) in [6, 6.07) is 0. The molecule has 0 radical (unpaired) electrons. The Morgan fingerprint density at radius 2 is 2.06 bits per heavy atom. The van der Waals surface area contributed by atoms with Gasteiger partial charge in [-0.2, -0.15) is 11.8 Å². The highest BCUT2D eigenvalue weighted by Gasteiger charge is 2.28. The fraction of sp³-hybridized carbons (Fsp3) is 0.909. The van der Waals surface area contributed by atoms with Crippen molar-refractivity contribution < 1.29 is 14.6 Å². The van der Waals surface area contributed by atoms with E-state index in [2.05, 4.69) is 5.32 Å². The Bertz CT molecular complexity index is 240. The number of nitrogens with one attached hydrogen (secondary N) is 1. The number of rotatable bonds is 3. The molecule has 0 aromatic rings. The van der Waals surface area contributed by atoms with E-state index in [9.17, 15) is 4.79 Å². The molecule has 2 N–H and O–H groups in total. The molecule has 0 aliphatic carbocycles. The highest BCUT2D eigenvalue weighted by molar-refractivity contribution is 7.99. The van der Waals surface area contributed by atoms with Crippen LogP contribution in [0.1, 0.15) is 20.8 Å². The average Bonchev–Trinajstić information content (AvgIpc) is 2.59. The van der Waals surface area contributed by atoms with E-state index in [1.165, 1.54) is 0 Å². The first-order chi connectivity index (χ1) is 7.42. The molecule has 0 saturated carbocycles. The summed E-state index contributed by atoms with van der Waals surface area (Å²) in [7, 11) is 0. The lowest BCUT2D eigenvalue weighted by atomic mass is 9.97. The summed E-state index contributed by atoms with van der Waals surface area (Å²) >= 11 is 1.83. The third-order valence-electron chi connectivity index (χ3n) is 2.47. The number of hydrogen-bond donors (Lipinski definition) is 2. The maximum Gasteiger partial charge on any atom is 0.407 e. The first-order valence-electron chi connectivity index (χ1n) is 5.58. The second kappa shape index (κ2) is 5.77. The largest absolute Gasteiger partial charge is 0.444 e. The van der Waals surface area contributed by atoms with Crippen LogP contribution in [-0.2, 0) is 4.74 Å². The summed E-state index contributed by atoms with van der Waals surface area (Å²) < 4.78 is 5.15. The van der Waals surface area contributed by atoms with E-state index in [-0.39, 0.29) is 12.7 Å². The third-order valence-corrected chi connectivity index (χ3v) is 3.80. The number of ether oxygens (including phenoxy) is 1. The molecule has 1 aliphatic rings. The molecule has 1 aliphatic heterocycles. The van der Waals surface area contributed by atoms with Crippen LogP contribution in [-0.4, -0.2) is 41.5 Å². The van der Waals surface area contributed by atoms with E-state index in [4.69, 9.17) is 9.84 Å². The van der Waals surface area contributed by atoms with Crippen molar-refractivity contribution in [3.8, 4) is 0 Å². The number of aliphatic hydroxyl groups excluding tert-OH is 1. The summed E-state index contributed by atoms with van der Waals surface area (Å²) in [5, 5.41) is 11.9. The highest BCUT2D eigenvalue weighted by Crippen LogP contribution is 2.28. The lowest BCUT2D eigenvalue weighted by molar-refractivity contribution is 0.0513. The summed E-state index contributed by atoms with van der Waals surface area (Å²) in [6.45, 7) is 6.32. The van der Waals surface area contributed by atoms with Crippen molar-refractivity contribution >= 4 is 17.9 Å². The molecule has 4 nitrogen and oxygen atoms in total. The maximum atomic E-state index is 11.4. The molecular weight excluding hydrogens is 226 g/mol. The molecule has 0 unspecified atom stereocenters. The van der Waals surface area contributed by atoms with E-state index >= 15 is 0 Å². The molecule has 0 bridgehead atoms. The minimum absolute atomic E-state index is 0.202. The number of thioether (sulfide) groups is 1. The minimum Gasteiger partial charge on any atom is -0.444 e. The maximum absolute atomic E-state index is 11.4. The van der Waals surface area contributed by atoms with Gasteiger partial charge in [0.25, 0.3) is 0 Å². The van der Waals surface area contributed by atoms with Crippen LogP contribution < -0.4 is 5.32 Å². The summed E-state index contributed by atoms with van der Waals surface area (Å²) in [4.78, 5) is 11.4. The first kappa shape index (κ1) is 13.6. The molecule has 1 amide bonds. The molecule has 5 heteroatoms. The zero-order valence-corrected chi connectivity index (χ0v) is 11.0. The Hall–Kier alpha value is -0.420. The Labute approximate surface area is 101 Å². The van der Waals surface area contributed by atoms with Gasteiger partial charge in [-0.15, -0.1) is 0 Å². The SMILES string of the molecule is CC(C)(C)OC(=O)NC[C@@H]1CSC[C@@H]1CO. The van der Waals surface area contributed by atoms with Gasteiger partial charge in [-0.05, 0) is 44.1 Å². The number of alkyl carbamates (subject to hydrolysis) is 1. The first-order valence-corrected chi connectivity index (χ1v) is 6.73. The molecule has 0 spiro atoms. The van der Waals surface area contributed by atoms with Gasteiger partial charge in [-0.25, -0.2) is 4.79 Å². The molecule has 94 valence electrons. The van der Waals surface area contributed by atoms with Gasteiger partial charge in [0, 0.05) is 13.2 Å². The quantitative estimate of drug-likeness (QED) is 0.793. The second-order valence-corrected chi connectivity index (χ2v) is 6.20. The lowest BCUT2D eigenvalue weighted by Gasteiger charge is -2.21. The number of hydrogen-bond acceptors (Lipinski definition) is 4. The fourth-order valence-corrected chi connectivity index (χ4v) is 3.11. The van der Waals surface area contributed by atoms with Crippen LogP contribution in [0.2, 0.25) is 0 Å². The van der Waals surface area contributed by atoms with Crippen molar-refractivity contribution in [1.29, 1.82) is 0 Å². The van der Waals surface area contributed by atoms with Crippen LogP contribution in [0.3, 0.4) is 0 Å². The number of carbonyl (C=O) groups is 1. The molecule has 1 heterocycles. The van der Waals surface area contributed by atoms with Gasteiger partial charge in [0.2, 0.25) is 0 Å². The van der Waals surface area contributed by atoms with E-state index in [1.807, 2.05) is 32.5 Å². The Morgan fingerprint density at radius 3 is 2.62 bits per heavy atom. The van der Waals surface area contributed by atoms with Gasteiger partial charge in [0.05, 0.1) is 0 Å². The zero-order valence-electron chi connectivity index (χ0n) is 10.2. The predicted octanol–water partition coefficient (Wildman–Crippen LogP) is 1.48. The van der Waals surface area contributed by atoms with E-state index < -0.39 is 5.60 Å². The Kier molecular flexibility index (Phi) is 4.92. The van der Waals surface area contributed by atoms with Crippen molar-refractivity contribution in [2.75, 3.05) is 24.7 Å². The predicted molar refractivity (Wildman–Crippen MR) is 65.6 cm³/mol. The number of aliphatic hydroxyl groups is 1. The summed E-state index contributed by atoms with van der Waals surface area (Å²) in [5.74, 6) is 2.65. The van der Waals surface area contributed by atoms with Gasteiger partial charge in [0.1, 0.15) is 5.60 Å². The monoisotopic (exact) mass is 247 g/mol. The molecule has 1 rings (SSSR count). The smallest absolute Gasteiger partial charge is 0.407 e. The van der Waals surface area contributed by atoms with Crippen molar-refractivity contribution in [2.24, 2.45) is 11.8 Å². The van der Waals surface area contributed by atoms with Crippen LogP contribution in [0.25, 0.3) is 0 Å². The molecule has 1 fully saturated rings. The van der Waals surface area contributed by atoms with Crippen LogP contribution in [0.5, 0.6) is 0 Å². The van der Waals surface area contributed by atoms with Crippen molar-refractivity contribution in [2.45, 2.75) is 26.4 Å². The molecule has 16 heavy (non-hydrogen) atoms. The van der Waals surface area contributed by atoms with Crippen molar-refractivity contribution in [1.82, 2.24) is 5.32 Å². The highest BCUT2D eigenvalue weighted by atomic mass is 32.2. The van der Waals surface area contributed by atoms with Crippen molar-refractivity contribution in [3.05, 3.63) is 0 Å². The van der Waals surface area contributed by atoms with E-state index in [1.54, 1.807) is 0 Å². The normalized spacial score (nSPS) is 25.5. The molecule has 0 aromatic heterocycles. The van der Waals surface area contributed by atoms with Crippen molar-refractivity contribution in [3.63, 3.8) is 0 Å². The van der Waals surface area contributed by atoms with Crippen LogP contribution >= 0.6 is 11.8 Å². The van der Waals surface area contributed by atoms with Gasteiger partial charge < -0.3 is 15.2 Å². The van der Waals surface area contributed by atoms with Gasteiger partial charge in [0.15, 0.2) is 0 Å². The zero-order chi connectivity index (χ0) is 12.2. The van der Waals surface area contributed by atoms with Gasteiger partial charge in [-0.3, -0.25) is 0 Å². The molecular formula is C11H21NO3S. The average molecular weight is 247 g/mol. The molecule has 2 atom stereocenters. The van der Waals surface area contributed by atoms with Crippen LogP contribution in [0.4, 0.5) is 4.79 Å². The summed E-state index contributed by atoms with van der Waals surface area (Å²) in [6.07, 6.45) is -0.374. The minimum atomic E-state index is -0.453. The van der Waals surface area contributed by atoms with E-state index in [0.717, 1.165) is 11.5 Å². The molecule has 1 saturated heterocycles. The number of carbonyl (C=O) groups excluding carboxylic acids is 1. The fourth-order valence-electron chi connectivity index (χ4n) is 1.60. The molecule has 0 aromatic carbocycles. The third kappa shape index (κ3) is 4.61. The van der Waals surface area contributed by atoms with Gasteiger partial charge >= 0.3 is 6.09 Å². The summed E-state index contributed by atoms with van der Waals surface area (Å²) in [5.41, 5.74) is -0.453. The van der Waals surface area contributed by atoms with Gasteiger partial charge in [-0.1, -0.05) is 0 Å². The Balaban J connectivity index is 2.26. The topological polar surface area (TPSA) is 58.6 Å². The standard InChI is InChI=1S/C11H21NO3S/c1-11(2,3)15-10(14)12-4-8-6-16-7-9(8)5-13/h8-9,13H,4-7H2,1-3H3,(H,12,14)/t8-,9+/m1/s1. The number of amides is 1. The second-order valence-electron chi connectivity index (χ2n) is 5.12. The lowest BCUT2D eigenvalue weighted by Crippen LogP contribution is -2.37. The van der Waals surface area contributed by atoms with Crippen LogP contribution in [0.15, 0.2) is 0 Å². The Morgan fingerprint density at radius 1 is 1.44 bits per heavy atom.